The van der Waals surface area contributed by atoms with Crippen molar-refractivity contribution in [2.75, 3.05) is 13.2 Å². The first-order chi connectivity index (χ1) is 11.5. The predicted molar refractivity (Wildman–Crippen MR) is 93.2 cm³/mol. The average Bonchev–Trinajstić information content (AvgIpc) is 3.18. The maximum Gasteiger partial charge on any atom is 0.224 e. The molecule has 2 fully saturated rings. The summed E-state index contributed by atoms with van der Waals surface area (Å²) in [5.41, 5.74) is 5.25. The maximum absolute atomic E-state index is 6.07. The summed E-state index contributed by atoms with van der Waals surface area (Å²) in [6.07, 6.45) is 4.40. The summed E-state index contributed by atoms with van der Waals surface area (Å²) in [7, 11) is 0. The van der Waals surface area contributed by atoms with Crippen LogP contribution in [-0.2, 0) is 16.6 Å². The van der Waals surface area contributed by atoms with Crippen LogP contribution in [-0.4, -0.2) is 24.2 Å². The van der Waals surface area contributed by atoms with Crippen LogP contribution in [0.25, 0.3) is 11.1 Å². The average molecular weight is 326 g/mol. The Morgan fingerprint density at radius 2 is 2.12 bits per heavy atom. The second-order valence-electron chi connectivity index (χ2n) is 8.55. The number of hydrogen-bond acceptors (Lipinski definition) is 4. The number of rotatable bonds is 1. The van der Waals surface area contributed by atoms with Gasteiger partial charge in [0.1, 0.15) is 11.6 Å². The first-order valence-electron chi connectivity index (χ1n) is 9.28. The van der Waals surface area contributed by atoms with Gasteiger partial charge in [-0.3, -0.25) is 0 Å². The SMILES string of the molecule is CC1(C)[C@H]2Cc3cc4oc(C5CCCO5)nc4cc3[C@]1(C)CCN2. The van der Waals surface area contributed by atoms with E-state index in [0.717, 1.165) is 49.4 Å². The summed E-state index contributed by atoms with van der Waals surface area (Å²) in [6.45, 7) is 9.18. The molecule has 128 valence electrons. The number of benzene rings is 1. The van der Waals surface area contributed by atoms with E-state index >= 15 is 0 Å². The van der Waals surface area contributed by atoms with E-state index in [1.807, 2.05) is 0 Å². The van der Waals surface area contributed by atoms with Gasteiger partial charge in [-0.1, -0.05) is 20.8 Å². The molecule has 0 amide bonds. The van der Waals surface area contributed by atoms with Gasteiger partial charge in [-0.05, 0) is 60.9 Å². The Kier molecular flexibility index (Phi) is 3.00. The topological polar surface area (TPSA) is 47.3 Å². The third kappa shape index (κ3) is 1.84. The van der Waals surface area contributed by atoms with E-state index in [9.17, 15) is 0 Å². The van der Waals surface area contributed by atoms with Gasteiger partial charge in [0, 0.05) is 18.1 Å². The molecule has 4 heteroatoms. The number of piperidine rings is 1. The molecular formula is C20H26N2O2. The summed E-state index contributed by atoms with van der Waals surface area (Å²) in [4.78, 5) is 4.78. The number of oxazole rings is 1. The molecule has 3 heterocycles. The fourth-order valence-corrected chi connectivity index (χ4v) is 5.11. The van der Waals surface area contributed by atoms with Crippen LogP contribution >= 0.6 is 0 Å². The summed E-state index contributed by atoms with van der Waals surface area (Å²) >= 11 is 0. The van der Waals surface area contributed by atoms with Gasteiger partial charge < -0.3 is 14.5 Å². The predicted octanol–water partition coefficient (Wildman–Crippen LogP) is 3.88. The molecule has 1 aliphatic carbocycles. The Morgan fingerprint density at radius 3 is 2.92 bits per heavy atom. The van der Waals surface area contributed by atoms with Gasteiger partial charge in [0.2, 0.25) is 5.89 Å². The van der Waals surface area contributed by atoms with Gasteiger partial charge in [-0.15, -0.1) is 0 Å². The monoisotopic (exact) mass is 326 g/mol. The Bertz CT molecular complexity index is 803. The van der Waals surface area contributed by atoms with Crippen molar-refractivity contribution in [3.63, 3.8) is 0 Å². The van der Waals surface area contributed by atoms with Crippen molar-refractivity contribution in [3.8, 4) is 0 Å². The molecule has 4 nitrogen and oxygen atoms in total. The summed E-state index contributed by atoms with van der Waals surface area (Å²) in [5, 5.41) is 3.74. The fraction of sp³-hybridized carbons (Fsp3) is 0.650. The van der Waals surface area contributed by atoms with Crippen LogP contribution in [0, 0.1) is 5.41 Å². The van der Waals surface area contributed by atoms with E-state index < -0.39 is 0 Å². The van der Waals surface area contributed by atoms with E-state index in [-0.39, 0.29) is 16.9 Å². The number of nitrogens with zero attached hydrogens (tertiary/aromatic N) is 1. The van der Waals surface area contributed by atoms with Crippen LogP contribution in [0.2, 0.25) is 0 Å². The van der Waals surface area contributed by atoms with Crippen molar-refractivity contribution in [1.29, 1.82) is 0 Å². The van der Waals surface area contributed by atoms with Crippen molar-refractivity contribution in [1.82, 2.24) is 10.3 Å². The molecule has 2 aliphatic heterocycles. The minimum Gasteiger partial charge on any atom is -0.438 e. The van der Waals surface area contributed by atoms with E-state index in [0.29, 0.717) is 6.04 Å². The maximum atomic E-state index is 6.07. The van der Waals surface area contributed by atoms with Crippen LogP contribution in [0.3, 0.4) is 0 Å². The first kappa shape index (κ1) is 14.9. The van der Waals surface area contributed by atoms with Crippen molar-refractivity contribution < 1.29 is 9.15 Å². The van der Waals surface area contributed by atoms with E-state index in [1.54, 1.807) is 0 Å². The molecule has 1 aromatic carbocycles. The number of nitrogens with one attached hydrogen (secondary N) is 1. The minimum absolute atomic E-state index is 0.0438. The van der Waals surface area contributed by atoms with Gasteiger partial charge in [0.15, 0.2) is 5.58 Å². The molecule has 5 rings (SSSR count). The highest BCUT2D eigenvalue weighted by Gasteiger charge is 2.53. The third-order valence-corrected chi connectivity index (χ3v) is 7.16. The van der Waals surface area contributed by atoms with Crippen LogP contribution < -0.4 is 5.32 Å². The Balaban J connectivity index is 1.66. The molecule has 2 aromatic rings. The van der Waals surface area contributed by atoms with Gasteiger partial charge in [0.25, 0.3) is 0 Å². The lowest BCUT2D eigenvalue weighted by atomic mass is 9.51. The highest BCUT2D eigenvalue weighted by molar-refractivity contribution is 5.76. The minimum atomic E-state index is 0.0438. The highest BCUT2D eigenvalue weighted by Crippen LogP contribution is 2.54. The number of aromatic nitrogens is 1. The van der Waals surface area contributed by atoms with Gasteiger partial charge >= 0.3 is 0 Å². The molecule has 0 saturated carbocycles. The molecule has 3 aliphatic rings. The summed E-state index contributed by atoms with van der Waals surface area (Å²) < 4.78 is 11.8. The lowest BCUT2D eigenvalue weighted by molar-refractivity contribution is 0.0561. The fourth-order valence-electron chi connectivity index (χ4n) is 5.11. The molecule has 1 aromatic heterocycles. The van der Waals surface area contributed by atoms with E-state index in [2.05, 4.69) is 38.2 Å². The van der Waals surface area contributed by atoms with Crippen molar-refractivity contribution in [2.24, 2.45) is 5.41 Å². The van der Waals surface area contributed by atoms with Gasteiger partial charge in [-0.2, -0.15) is 0 Å². The molecule has 0 radical (unpaired) electrons. The Morgan fingerprint density at radius 1 is 1.25 bits per heavy atom. The largest absolute Gasteiger partial charge is 0.438 e. The Labute approximate surface area is 143 Å². The summed E-state index contributed by atoms with van der Waals surface area (Å²) in [5.74, 6) is 0.760. The zero-order valence-electron chi connectivity index (χ0n) is 14.8. The smallest absolute Gasteiger partial charge is 0.224 e. The van der Waals surface area contributed by atoms with Crippen molar-refractivity contribution in [2.45, 2.75) is 64.0 Å². The molecule has 0 spiro atoms. The number of ether oxygens (including phenoxy) is 1. The summed E-state index contributed by atoms with van der Waals surface area (Å²) in [6, 6.07) is 5.07. The standard InChI is InChI=1S/C20H26N2O2/c1-19(2)17-10-12-9-16-14(11-13(12)20(19,3)6-7-21-17)22-18(24-16)15-5-4-8-23-15/h9,11,15,17,21H,4-8,10H2,1-3H3/t15?,17-,20+/m1/s1. The molecule has 24 heavy (non-hydrogen) atoms. The number of fused-ring (bicyclic) bond motifs is 5. The molecule has 3 atom stereocenters. The zero-order chi connectivity index (χ0) is 16.5. The quantitative estimate of drug-likeness (QED) is 0.864. The van der Waals surface area contributed by atoms with Crippen LogP contribution in [0.5, 0.6) is 0 Å². The molecule has 2 saturated heterocycles. The first-order valence-corrected chi connectivity index (χ1v) is 9.28. The number of hydrogen-bond donors (Lipinski definition) is 1. The van der Waals surface area contributed by atoms with Crippen molar-refractivity contribution >= 4 is 11.1 Å². The van der Waals surface area contributed by atoms with Gasteiger partial charge in [0.05, 0.1) is 0 Å². The normalized spacial score (nSPS) is 34.5. The lowest BCUT2D eigenvalue weighted by Gasteiger charge is -2.57. The highest BCUT2D eigenvalue weighted by atomic mass is 16.5. The van der Waals surface area contributed by atoms with Crippen LogP contribution in [0.15, 0.2) is 16.5 Å². The third-order valence-electron chi connectivity index (χ3n) is 7.16. The molecule has 1 N–H and O–H groups in total. The molecule has 1 unspecified atom stereocenters. The van der Waals surface area contributed by atoms with Crippen LogP contribution in [0.4, 0.5) is 0 Å². The zero-order valence-corrected chi connectivity index (χ0v) is 14.8. The van der Waals surface area contributed by atoms with Crippen molar-refractivity contribution in [3.05, 3.63) is 29.2 Å². The molecule has 2 bridgehead atoms. The lowest BCUT2D eigenvalue weighted by Crippen LogP contribution is -2.62. The van der Waals surface area contributed by atoms with Gasteiger partial charge in [-0.25, -0.2) is 4.98 Å². The molecular weight excluding hydrogens is 300 g/mol. The van der Waals surface area contributed by atoms with E-state index in [4.69, 9.17) is 14.1 Å². The van der Waals surface area contributed by atoms with E-state index in [1.165, 1.54) is 17.5 Å². The Hall–Kier alpha value is -1.39. The second-order valence-corrected chi connectivity index (χ2v) is 8.55. The second kappa shape index (κ2) is 4.83. The van der Waals surface area contributed by atoms with Crippen LogP contribution in [0.1, 0.15) is 63.2 Å².